The molecule has 2 atom stereocenters. The highest BCUT2D eigenvalue weighted by molar-refractivity contribution is 7.12. The quantitative estimate of drug-likeness (QED) is 0.0902. The van der Waals surface area contributed by atoms with Crippen LogP contribution in [0.4, 0.5) is 14.9 Å². The Balaban J connectivity index is 0.00000168. The summed E-state index contributed by atoms with van der Waals surface area (Å²) in [6, 6.07) is 12.8. The number of amides is 1. The molecule has 52 heavy (non-hydrogen) atoms. The van der Waals surface area contributed by atoms with Gasteiger partial charge in [0.05, 0.1) is 26.5 Å². The zero-order chi connectivity index (χ0) is 37.4. The molecule has 3 aliphatic rings. The van der Waals surface area contributed by atoms with Crippen molar-refractivity contribution in [3.8, 4) is 11.5 Å². The number of piperidine rings is 3. The number of carbonyl (C=O) groups is 3. The lowest BCUT2D eigenvalue weighted by Crippen LogP contribution is -2.53. The number of para-hydroxylation sites is 1. The monoisotopic (exact) mass is 775 g/mol. The van der Waals surface area contributed by atoms with E-state index in [1.165, 1.54) is 43.6 Å². The van der Waals surface area contributed by atoms with E-state index < -0.39 is 30.5 Å². The number of aromatic nitrogens is 1. The first-order valence-electron chi connectivity index (χ1n) is 16.1. The minimum absolute atomic E-state index is 0.0276. The number of ether oxygens (including phenoxy) is 4. The minimum Gasteiger partial charge on any atom is -0.554 e. The second-order valence-electron chi connectivity index (χ2n) is 12.0. The van der Waals surface area contributed by atoms with Crippen LogP contribution in [0, 0.1) is 11.7 Å². The maximum atomic E-state index is 15.0. The number of carbonyl (C=O) groups excluding carboxylic acids is 3. The summed E-state index contributed by atoms with van der Waals surface area (Å²) in [5.74, 6) is -0.00337. The van der Waals surface area contributed by atoms with Crippen molar-refractivity contribution < 1.29 is 52.8 Å². The molecule has 1 N–H and O–H groups in total. The van der Waals surface area contributed by atoms with Gasteiger partial charge in [-0.3, -0.25) is 15.0 Å². The molecule has 3 saturated heterocycles. The molecule has 2 aromatic heterocycles. The predicted molar refractivity (Wildman–Crippen MR) is 188 cm³/mol. The van der Waals surface area contributed by atoms with Crippen molar-refractivity contribution in [3.63, 3.8) is 0 Å². The summed E-state index contributed by atoms with van der Waals surface area (Å²) in [7, 11) is 3.01. The average Bonchev–Trinajstić information content (AvgIpc) is 3.61. The standard InChI is InChI=1S/C35H35Cl2FN3O7S.CH2O2/c1-45-29-8-7-23(14-31(29)46-2)30(15-24-25(36)17-40(44)18-26(24)37)47-34(42)33-13-21(20-49-33)16-41(28-6-4-3-5-27(28)38)35(43)48-32-19-39-11-9-22(32)10-12-39;2-1-3/h3-8,13-14,17-18,20,22,30,32,44H,9-12,15-16,19H2,1-2H3;1H,(H,2,3)/q+1;/p-1/t30-,32-;/m0./s1. The largest absolute Gasteiger partial charge is 0.554 e. The molecule has 12 nitrogen and oxygen atoms in total. The molecule has 4 aromatic rings. The van der Waals surface area contributed by atoms with Crippen molar-refractivity contribution in [2.75, 3.05) is 38.8 Å². The van der Waals surface area contributed by atoms with Crippen LogP contribution in [0.5, 0.6) is 11.5 Å². The number of methoxy groups -OCH3 is 2. The van der Waals surface area contributed by atoms with Gasteiger partial charge in [-0.25, -0.2) is 14.0 Å². The van der Waals surface area contributed by atoms with E-state index in [1.54, 1.807) is 41.8 Å². The molecule has 5 heterocycles. The smallest absolute Gasteiger partial charge is 0.415 e. The van der Waals surface area contributed by atoms with Gasteiger partial charge in [0, 0.05) is 29.7 Å². The van der Waals surface area contributed by atoms with Crippen molar-refractivity contribution in [2.24, 2.45) is 5.92 Å². The van der Waals surface area contributed by atoms with E-state index in [9.17, 15) is 14.8 Å². The van der Waals surface area contributed by atoms with Crippen molar-refractivity contribution in [2.45, 2.75) is 38.0 Å². The number of carboxylic acid groups (broad SMARTS) is 1. The Labute approximate surface area is 313 Å². The van der Waals surface area contributed by atoms with Crippen LogP contribution in [0.25, 0.3) is 0 Å². The van der Waals surface area contributed by atoms with Gasteiger partial charge in [0.2, 0.25) is 12.4 Å². The van der Waals surface area contributed by atoms with Gasteiger partial charge in [0.15, 0.2) is 11.5 Å². The van der Waals surface area contributed by atoms with E-state index in [0.717, 1.165) is 42.0 Å². The fourth-order valence-corrected chi connectivity index (χ4v) is 7.68. The highest BCUT2D eigenvalue weighted by atomic mass is 35.5. The maximum Gasteiger partial charge on any atom is 0.415 e. The van der Waals surface area contributed by atoms with E-state index in [-0.39, 0.29) is 45.6 Å². The number of thiophene rings is 1. The summed E-state index contributed by atoms with van der Waals surface area (Å²) in [5, 5.41) is 20.2. The van der Waals surface area contributed by atoms with E-state index in [1.807, 2.05) is 0 Å². The fourth-order valence-electron chi connectivity index (χ4n) is 6.29. The lowest BCUT2D eigenvalue weighted by molar-refractivity contribution is -0.904. The second-order valence-corrected chi connectivity index (χ2v) is 13.8. The third-order valence-electron chi connectivity index (χ3n) is 8.89. The number of hydrogen-bond acceptors (Lipinski definition) is 11. The molecule has 0 saturated carbocycles. The molecule has 16 heteroatoms. The number of rotatable bonds is 11. The fraction of sp³-hybridized carbons (Fsp3) is 0.333. The van der Waals surface area contributed by atoms with Crippen LogP contribution in [0.2, 0.25) is 10.0 Å². The summed E-state index contributed by atoms with van der Waals surface area (Å²) in [6.07, 6.45) is 2.77. The maximum absolute atomic E-state index is 15.0. The van der Waals surface area contributed by atoms with Crippen LogP contribution in [0.15, 0.2) is 66.3 Å². The summed E-state index contributed by atoms with van der Waals surface area (Å²) < 4.78 is 38.7. The zero-order valence-corrected chi connectivity index (χ0v) is 30.5. The molecule has 276 valence electrons. The van der Waals surface area contributed by atoms with E-state index in [0.29, 0.717) is 34.7 Å². The van der Waals surface area contributed by atoms with Gasteiger partial charge in [-0.2, -0.15) is 0 Å². The molecule has 3 aliphatic heterocycles. The molecular weight excluding hydrogens is 740 g/mol. The van der Waals surface area contributed by atoms with Gasteiger partial charge >= 0.3 is 12.1 Å². The topological polar surface area (TPSA) is 142 Å². The van der Waals surface area contributed by atoms with Crippen molar-refractivity contribution in [1.29, 1.82) is 0 Å². The van der Waals surface area contributed by atoms with Gasteiger partial charge in [-0.15, -0.1) is 11.3 Å². The molecule has 2 bridgehead atoms. The molecule has 1 amide bonds. The third-order valence-corrected chi connectivity index (χ3v) is 10.5. The third kappa shape index (κ3) is 9.23. The molecule has 7 rings (SSSR count). The highest BCUT2D eigenvalue weighted by Crippen LogP contribution is 2.36. The number of fused-ring (bicyclic) bond motifs is 3. The number of anilines is 1. The summed E-state index contributed by atoms with van der Waals surface area (Å²) in [4.78, 5) is 39.3. The first-order chi connectivity index (χ1) is 25.0. The molecule has 0 spiro atoms. The SMILES string of the molecule is COc1ccc([C@H](Cc2c(Cl)c[n+](O)cc2Cl)OC(=O)c2cc(CN(C(=O)O[C@H]3CN4CCC3CC4)c3ccccc3F)cs2)cc1OC.O=C[O-]. The summed E-state index contributed by atoms with van der Waals surface area (Å²) >= 11 is 14.0. The molecule has 0 radical (unpaired) electrons. The van der Waals surface area contributed by atoms with Gasteiger partial charge in [-0.05, 0) is 78.7 Å². The first kappa shape index (κ1) is 38.6. The number of pyridine rings is 1. The van der Waals surface area contributed by atoms with E-state index in [2.05, 4.69) is 4.90 Å². The Morgan fingerprint density at radius 1 is 1.10 bits per heavy atom. The minimum atomic E-state index is -0.881. The molecule has 3 fully saturated rings. The van der Waals surface area contributed by atoms with Crippen molar-refractivity contribution in [1.82, 2.24) is 4.90 Å². The molecule has 0 aliphatic carbocycles. The highest BCUT2D eigenvalue weighted by Gasteiger charge is 2.38. The summed E-state index contributed by atoms with van der Waals surface area (Å²) in [6.45, 7) is 2.12. The number of hydrogen-bond donors (Lipinski definition) is 1. The van der Waals surface area contributed by atoms with Gasteiger partial charge in [0.25, 0.3) is 0 Å². The Morgan fingerprint density at radius 2 is 1.77 bits per heavy atom. The van der Waals surface area contributed by atoms with Crippen molar-refractivity contribution in [3.05, 3.63) is 104 Å². The second kappa shape index (κ2) is 17.7. The number of benzene rings is 2. The van der Waals surface area contributed by atoms with Crippen LogP contribution in [-0.2, 0) is 27.2 Å². The van der Waals surface area contributed by atoms with Crippen LogP contribution in [0.1, 0.15) is 45.3 Å². The Bertz CT molecular complexity index is 1870. The number of esters is 1. The Morgan fingerprint density at radius 3 is 2.38 bits per heavy atom. The molecule has 2 aromatic carbocycles. The lowest BCUT2D eigenvalue weighted by atomic mass is 9.86. The van der Waals surface area contributed by atoms with E-state index in [4.69, 9.17) is 52.1 Å². The van der Waals surface area contributed by atoms with Crippen LogP contribution in [0.3, 0.4) is 0 Å². The summed E-state index contributed by atoms with van der Waals surface area (Å²) in [5.41, 5.74) is 1.71. The lowest BCUT2D eigenvalue weighted by Gasteiger charge is -2.44. The molecule has 0 unspecified atom stereocenters. The first-order valence-corrected chi connectivity index (χ1v) is 17.8. The Hall–Kier alpha value is -4.63. The van der Waals surface area contributed by atoms with Crippen LogP contribution >= 0.6 is 34.5 Å². The number of nitrogens with zero attached hydrogens (tertiary/aromatic N) is 3. The Kier molecular flexibility index (Phi) is 13.2. The zero-order valence-electron chi connectivity index (χ0n) is 28.2. The molecular formula is C36H36Cl2FN3O9S. The van der Waals surface area contributed by atoms with Gasteiger partial charge in [-0.1, -0.05) is 41.4 Å². The van der Waals surface area contributed by atoms with Crippen molar-refractivity contribution >= 4 is 58.8 Å². The van der Waals surface area contributed by atoms with Crippen LogP contribution < -0.4 is 24.2 Å². The van der Waals surface area contributed by atoms with Crippen LogP contribution in [-0.4, -0.2) is 68.6 Å². The predicted octanol–water partition coefficient (Wildman–Crippen LogP) is 5.48. The van der Waals surface area contributed by atoms with Gasteiger partial charge < -0.3 is 28.8 Å². The normalized spacial score (nSPS) is 18.0. The average molecular weight is 777 g/mol. The van der Waals surface area contributed by atoms with E-state index >= 15 is 4.39 Å². The van der Waals surface area contributed by atoms with Gasteiger partial charge in [0.1, 0.15) is 32.9 Å². The number of halogens is 3.